The van der Waals surface area contributed by atoms with Crippen molar-refractivity contribution in [2.45, 2.75) is 40.2 Å². The zero-order valence-corrected chi connectivity index (χ0v) is 19.2. The van der Waals surface area contributed by atoms with Crippen LogP contribution in [0.2, 0.25) is 5.15 Å². The van der Waals surface area contributed by atoms with Gasteiger partial charge in [0.1, 0.15) is 10.9 Å². The summed E-state index contributed by atoms with van der Waals surface area (Å²) in [4.78, 5) is 18.0. The normalized spacial score (nSPS) is 16.5. The Morgan fingerprint density at radius 1 is 1.16 bits per heavy atom. The van der Waals surface area contributed by atoms with Gasteiger partial charge in [-0.2, -0.15) is 5.10 Å². The molecule has 0 radical (unpaired) electrons. The summed E-state index contributed by atoms with van der Waals surface area (Å²) in [5.41, 5.74) is 3.90. The van der Waals surface area contributed by atoms with E-state index in [0.717, 1.165) is 39.1 Å². The molecule has 2 heterocycles. The van der Waals surface area contributed by atoms with Gasteiger partial charge in [0, 0.05) is 28.3 Å². The second kappa shape index (κ2) is 7.97. The summed E-state index contributed by atoms with van der Waals surface area (Å²) in [6.45, 7) is 7.71. The van der Waals surface area contributed by atoms with E-state index >= 15 is 0 Å². The zero-order chi connectivity index (χ0) is 22.3. The second-order valence-corrected chi connectivity index (χ2v) is 9.27. The van der Waals surface area contributed by atoms with E-state index in [1.807, 2.05) is 76.2 Å². The van der Waals surface area contributed by atoms with E-state index in [-0.39, 0.29) is 11.9 Å². The topological polar surface area (TPSA) is 54.8 Å². The van der Waals surface area contributed by atoms with Crippen LogP contribution in [0.4, 0.5) is 0 Å². The molecule has 0 unspecified atom stereocenters. The number of hydrazone groups is 1. The molecule has 0 aliphatic carbocycles. The Hall–Kier alpha value is -2.92. The molecule has 160 valence electrons. The van der Waals surface area contributed by atoms with Crippen LogP contribution in [0.25, 0.3) is 10.9 Å². The minimum atomic E-state index is -0.584. The van der Waals surface area contributed by atoms with Crippen LogP contribution in [0.15, 0.2) is 53.6 Å². The highest BCUT2D eigenvalue weighted by Gasteiger charge is 2.39. The molecular formula is C25H26ClN3O2. The molecule has 0 N–H and O–H groups in total. The highest BCUT2D eigenvalue weighted by atomic mass is 35.5. The number of amides is 1. The standard InChI is InChI=1S/C25H26ClN3O2/c1-15-8-6-10-17-13-19(23(26)27-22(15)17)21-14-20(16-9-7-11-18(12-16)31-5)28-29(21)24(30)25(2,3)4/h6-13,21H,14H2,1-5H3/t21-/m0/s1. The number of nitrogens with zero attached hydrogens (tertiary/aromatic N) is 3. The quantitative estimate of drug-likeness (QED) is 0.479. The van der Waals surface area contributed by atoms with Gasteiger partial charge >= 0.3 is 0 Å². The van der Waals surface area contributed by atoms with E-state index < -0.39 is 5.41 Å². The maximum atomic E-state index is 13.3. The number of rotatable bonds is 3. The van der Waals surface area contributed by atoms with Crippen LogP contribution in [0.5, 0.6) is 5.75 Å². The number of benzene rings is 2. The zero-order valence-electron chi connectivity index (χ0n) is 18.4. The third kappa shape index (κ3) is 4.02. The summed E-state index contributed by atoms with van der Waals surface area (Å²) in [6.07, 6.45) is 0.549. The predicted octanol–water partition coefficient (Wildman–Crippen LogP) is 5.93. The molecule has 1 aliphatic rings. The van der Waals surface area contributed by atoms with Crippen molar-refractivity contribution in [3.63, 3.8) is 0 Å². The second-order valence-electron chi connectivity index (χ2n) is 8.91. The number of aryl methyl sites for hydroxylation is 1. The van der Waals surface area contributed by atoms with E-state index in [1.54, 1.807) is 12.1 Å². The smallest absolute Gasteiger partial charge is 0.248 e. The number of halogens is 1. The van der Waals surface area contributed by atoms with Gasteiger partial charge in [-0.1, -0.05) is 62.7 Å². The van der Waals surface area contributed by atoms with Crippen LogP contribution < -0.4 is 4.74 Å². The van der Waals surface area contributed by atoms with E-state index in [2.05, 4.69) is 4.98 Å². The van der Waals surface area contributed by atoms with Gasteiger partial charge in [-0.3, -0.25) is 4.79 Å². The fraction of sp³-hybridized carbons (Fsp3) is 0.320. The van der Waals surface area contributed by atoms with E-state index in [0.29, 0.717) is 11.6 Å². The summed E-state index contributed by atoms with van der Waals surface area (Å²) < 4.78 is 5.37. The Bertz CT molecular complexity index is 1200. The molecule has 0 spiro atoms. The lowest BCUT2D eigenvalue weighted by atomic mass is 9.93. The van der Waals surface area contributed by atoms with Gasteiger partial charge in [0.05, 0.1) is 24.4 Å². The molecule has 0 saturated carbocycles. The maximum absolute atomic E-state index is 13.3. The molecule has 3 aromatic rings. The minimum absolute atomic E-state index is 0.0594. The molecule has 1 aliphatic heterocycles. The Kier molecular flexibility index (Phi) is 5.48. The highest BCUT2D eigenvalue weighted by Crippen LogP contribution is 2.39. The van der Waals surface area contributed by atoms with Gasteiger partial charge in [0.2, 0.25) is 5.91 Å². The van der Waals surface area contributed by atoms with Crippen molar-refractivity contribution < 1.29 is 9.53 Å². The van der Waals surface area contributed by atoms with Gasteiger partial charge in [0.25, 0.3) is 0 Å². The number of hydrogen-bond donors (Lipinski definition) is 0. The molecule has 0 saturated heterocycles. The SMILES string of the molecule is COc1cccc(C2=NN(C(=O)C(C)(C)C)[C@H](c3cc4cccc(C)c4nc3Cl)C2)c1. The first-order valence-electron chi connectivity index (χ1n) is 10.3. The summed E-state index contributed by atoms with van der Waals surface area (Å²) in [5.74, 6) is 0.689. The van der Waals surface area contributed by atoms with E-state index in [9.17, 15) is 4.79 Å². The first kappa shape index (κ1) is 21.3. The lowest BCUT2D eigenvalue weighted by molar-refractivity contribution is -0.141. The van der Waals surface area contributed by atoms with Crippen molar-refractivity contribution in [1.82, 2.24) is 9.99 Å². The van der Waals surface area contributed by atoms with Gasteiger partial charge < -0.3 is 4.74 Å². The molecule has 2 aromatic carbocycles. The Morgan fingerprint density at radius 2 is 1.90 bits per heavy atom. The van der Waals surface area contributed by atoms with Crippen LogP contribution in [0.3, 0.4) is 0 Å². The first-order valence-corrected chi connectivity index (χ1v) is 10.7. The lowest BCUT2D eigenvalue weighted by Crippen LogP contribution is -2.36. The fourth-order valence-electron chi connectivity index (χ4n) is 3.83. The van der Waals surface area contributed by atoms with Crippen molar-refractivity contribution in [3.05, 3.63) is 70.4 Å². The number of ether oxygens (including phenoxy) is 1. The highest BCUT2D eigenvalue weighted by molar-refractivity contribution is 6.30. The van der Waals surface area contributed by atoms with Gasteiger partial charge in [0.15, 0.2) is 0 Å². The number of pyridine rings is 1. The number of carbonyl (C=O) groups excluding carboxylic acids is 1. The molecule has 0 fully saturated rings. The fourth-order valence-corrected chi connectivity index (χ4v) is 4.10. The van der Waals surface area contributed by atoms with Crippen molar-refractivity contribution >= 4 is 34.1 Å². The lowest BCUT2D eigenvalue weighted by Gasteiger charge is -2.28. The number of aromatic nitrogens is 1. The monoisotopic (exact) mass is 435 g/mol. The number of hydrogen-bond acceptors (Lipinski definition) is 4. The van der Waals surface area contributed by atoms with Crippen LogP contribution in [-0.2, 0) is 4.79 Å². The molecule has 4 rings (SSSR count). The average Bonchev–Trinajstić information content (AvgIpc) is 3.18. The summed E-state index contributed by atoms with van der Waals surface area (Å²) in [5, 5.41) is 7.74. The molecule has 1 atom stereocenters. The average molecular weight is 436 g/mol. The molecular weight excluding hydrogens is 410 g/mol. The molecule has 5 nitrogen and oxygen atoms in total. The van der Waals surface area contributed by atoms with Gasteiger partial charge in [-0.25, -0.2) is 9.99 Å². The summed E-state index contributed by atoms with van der Waals surface area (Å²) >= 11 is 6.66. The van der Waals surface area contributed by atoms with Crippen LogP contribution >= 0.6 is 11.6 Å². The van der Waals surface area contributed by atoms with E-state index in [4.69, 9.17) is 21.4 Å². The Labute approximate surface area is 187 Å². The van der Waals surface area contributed by atoms with E-state index in [1.165, 1.54) is 0 Å². The maximum Gasteiger partial charge on any atom is 0.248 e. The first-order chi connectivity index (χ1) is 14.7. The molecule has 1 amide bonds. The third-order valence-electron chi connectivity index (χ3n) is 5.55. The summed E-state index contributed by atoms with van der Waals surface area (Å²) in [6, 6.07) is 15.5. The van der Waals surface area contributed by atoms with Crippen molar-refractivity contribution in [2.24, 2.45) is 10.5 Å². The van der Waals surface area contributed by atoms with Gasteiger partial charge in [-0.05, 0) is 30.7 Å². The number of carbonyl (C=O) groups is 1. The molecule has 1 aromatic heterocycles. The summed E-state index contributed by atoms with van der Waals surface area (Å²) in [7, 11) is 1.64. The third-order valence-corrected chi connectivity index (χ3v) is 5.85. The predicted molar refractivity (Wildman–Crippen MR) is 125 cm³/mol. The van der Waals surface area contributed by atoms with Gasteiger partial charge in [-0.15, -0.1) is 0 Å². The van der Waals surface area contributed by atoms with Crippen molar-refractivity contribution in [2.75, 3.05) is 7.11 Å². The largest absolute Gasteiger partial charge is 0.497 e. The van der Waals surface area contributed by atoms with Crippen molar-refractivity contribution in [1.29, 1.82) is 0 Å². The Balaban J connectivity index is 1.82. The number of fused-ring (bicyclic) bond motifs is 1. The van der Waals surface area contributed by atoms with Crippen LogP contribution in [-0.4, -0.2) is 28.7 Å². The molecule has 31 heavy (non-hydrogen) atoms. The Morgan fingerprint density at radius 3 is 2.61 bits per heavy atom. The number of methoxy groups -OCH3 is 1. The number of para-hydroxylation sites is 1. The van der Waals surface area contributed by atoms with Crippen LogP contribution in [0, 0.1) is 12.3 Å². The van der Waals surface area contributed by atoms with Crippen LogP contribution in [0.1, 0.15) is 49.9 Å². The van der Waals surface area contributed by atoms with Crippen molar-refractivity contribution in [3.8, 4) is 5.75 Å². The molecule has 0 bridgehead atoms. The molecule has 6 heteroatoms. The minimum Gasteiger partial charge on any atom is -0.497 e.